The van der Waals surface area contributed by atoms with Crippen LogP contribution in [0.1, 0.15) is 22.0 Å². The van der Waals surface area contributed by atoms with E-state index in [1.54, 1.807) is 24.3 Å². The molecule has 110 valence electrons. The lowest BCUT2D eigenvalue weighted by Gasteiger charge is -2.13. The summed E-state index contributed by atoms with van der Waals surface area (Å²) < 4.78 is 13.5. The second-order valence-corrected chi connectivity index (χ2v) is 4.95. The van der Waals surface area contributed by atoms with Gasteiger partial charge in [-0.1, -0.05) is 23.7 Å². The third-order valence-electron chi connectivity index (χ3n) is 2.95. The van der Waals surface area contributed by atoms with Crippen molar-refractivity contribution in [1.29, 1.82) is 0 Å². The van der Waals surface area contributed by atoms with Crippen molar-refractivity contribution in [3.05, 3.63) is 64.4 Å². The number of nitrogen functional groups attached to an aromatic ring is 1. The third kappa shape index (κ3) is 3.93. The molecule has 1 unspecified atom stereocenters. The summed E-state index contributed by atoms with van der Waals surface area (Å²) in [7, 11) is 0. The summed E-state index contributed by atoms with van der Waals surface area (Å²) in [6.07, 6.45) is -0.906. The number of benzene rings is 2. The van der Waals surface area contributed by atoms with Crippen LogP contribution < -0.4 is 11.1 Å². The van der Waals surface area contributed by atoms with Crippen LogP contribution in [0.5, 0.6) is 0 Å². The van der Waals surface area contributed by atoms with Gasteiger partial charge in [0.2, 0.25) is 0 Å². The summed E-state index contributed by atoms with van der Waals surface area (Å²) in [5, 5.41) is 12.7. The zero-order chi connectivity index (χ0) is 15.4. The number of amides is 1. The molecule has 2 aromatic rings. The van der Waals surface area contributed by atoms with Crippen molar-refractivity contribution in [2.24, 2.45) is 0 Å². The maximum absolute atomic E-state index is 13.5. The number of halogens is 2. The largest absolute Gasteiger partial charge is 0.399 e. The highest BCUT2D eigenvalue weighted by Gasteiger charge is 2.14. The van der Waals surface area contributed by atoms with Crippen LogP contribution in [-0.2, 0) is 0 Å². The molecule has 2 rings (SSSR count). The Balaban J connectivity index is 2.00. The van der Waals surface area contributed by atoms with Crippen LogP contribution >= 0.6 is 11.6 Å². The molecule has 4 nitrogen and oxygen atoms in total. The summed E-state index contributed by atoms with van der Waals surface area (Å²) in [6.45, 7) is -0.0469. The molecule has 0 aromatic heterocycles. The number of aliphatic hydroxyl groups is 1. The zero-order valence-electron chi connectivity index (χ0n) is 11.0. The van der Waals surface area contributed by atoms with E-state index in [1.807, 2.05) is 0 Å². The lowest BCUT2D eigenvalue weighted by molar-refractivity contribution is 0.0912. The average Bonchev–Trinajstić information content (AvgIpc) is 2.47. The molecule has 21 heavy (non-hydrogen) atoms. The smallest absolute Gasteiger partial charge is 0.254 e. The number of rotatable bonds is 4. The predicted molar refractivity (Wildman–Crippen MR) is 79.6 cm³/mol. The summed E-state index contributed by atoms with van der Waals surface area (Å²) in [5.41, 5.74) is 6.58. The van der Waals surface area contributed by atoms with E-state index in [1.165, 1.54) is 12.1 Å². The van der Waals surface area contributed by atoms with Gasteiger partial charge in [-0.05, 0) is 35.9 Å². The second kappa shape index (κ2) is 6.56. The second-order valence-electron chi connectivity index (χ2n) is 4.52. The van der Waals surface area contributed by atoms with Gasteiger partial charge in [0.05, 0.1) is 11.7 Å². The molecule has 4 N–H and O–H groups in total. The Kier molecular flexibility index (Phi) is 4.77. The fraction of sp³-hybridized carbons (Fsp3) is 0.133. The standard InChI is InChI=1S/C15H14ClFN2O2/c16-10-3-6-13(17)12(7-10)15(21)19-8-14(20)9-1-4-11(18)5-2-9/h1-7,14,20H,8,18H2,(H,19,21). The van der Waals surface area contributed by atoms with Gasteiger partial charge in [-0.15, -0.1) is 0 Å². The first-order valence-electron chi connectivity index (χ1n) is 6.24. The molecule has 2 aromatic carbocycles. The van der Waals surface area contributed by atoms with E-state index in [2.05, 4.69) is 5.32 Å². The highest BCUT2D eigenvalue weighted by atomic mass is 35.5. The van der Waals surface area contributed by atoms with E-state index >= 15 is 0 Å². The summed E-state index contributed by atoms with van der Waals surface area (Å²) in [6, 6.07) is 10.3. The van der Waals surface area contributed by atoms with Crippen LogP contribution in [0.3, 0.4) is 0 Å². The molecule has 1 atom stereocenters. The Morgan fingerprint density at radius 1 is 1.29 bits per heavy atom. The van der Waals surface area contributed by atoms with Crippen LogP contribution in [-0.4, -0.2) is 17.6 Å². The maximum atomic E-state index is 13.5. The van der Waals surface area contributed by atoms with E-state index in [-0.39, 0.29) is 17.1 Å². The lowest BCUT2D eigenvalue weighted by Crippen LogP contribution is -2.29. The van der Waals surface area contributed by atoms with E-state index in [0.717, 1.165) is 6.07 Å². The average molecular weight is 309 g/mol. The fourth-order valence-electron chi connectivity index (χ4n) is 1.79. The number of aliphatic hydroxyl groups excluding tert-OH is 1. The Bertz CT molecular complexity index is 647. The molecular weight excluding hydrogens is 295 g/mol. The highest BCUT2D eigenvalue weighted by molar-refractivity contribution is 6.31. The van der Waals surface area contributed by atoms with Crippen molar-refractivity contribution in [3.63, 3.8) is 0 Å². The third-order valence-corrected chi connectivity index (χ3v) is 3.19. The van der Waals surface area contributed by atoms with Crippen LogP contribution in [0.25, 0.3) is 0 Å². The fourth-order valence-corrected chi connectivity index (χ4v) is 1.96. The minimum Gasteiger partial charge on any atom is -0.399 e. The molecule has 0 aliphatic rings. The number of carbonyl (C=O) groups is 1. The molecule has 6 heteroatoms. The van der Waals surface area contributed by atoms with Gasteiger partial charge < -0.3 is 16.2 Å². The highest BCUT2D eigenvalue weighted by Crippen LogP contribution is 2.16. The van der Waals surface area contributed by atoms with E-state index in [4.69, 9.17) is 17.3 Å². The predicted octanol–water partition coefficient (Wildman–Crippen LogP) is 2.52. The van der Waals surface area contributed by atoms with Crippen molar-refractivity contribution < 1.29 is 14.3 Å². The Morgan fingerprint density at radius 2 is 1.95 bits per heavy atom. The molecule has 0 saturated carbocycles. The van der Waals surface area contributed by atoms with Crippen LogP contribution in [0.15, 0.2) is 42.5 Å². The van der Waals surface area contributed by atoms with Crippen LogP contribution in [0.2, 0.25) is 5.02 Å². The van der Waals surface area contributed by atoms with Crippen molar-refractivity contribution in [1.82, 2.24) is 5.32 Å². The quantitative estimate of drug-likeness (QED) is 0.760. The molecule has 0 spiro atoms. The summed E-state index contributed by atoms with van der Waals surface area (Å²) in [4.78, 5) is 11.9. The molecular formula is C15H14ClFN2O2. The van der Waals surface area contributed by atoms with Crippen molar-refractivity contribution in [2.45, 2.75) is 6.10 Å². The first-order chi connectivity index (χ1) is 9.97. The minimum absolute atomic E-state index is 0.0469. The first-order valence-corrected chi connectivity index (χ1v) is 6.62. The molecule has 0 bridgehead atoms. The van der Waals surface area contributed by atoms with Gasteiger partial charge in [0.15, 0.2) is 0 Å². The Morgan fingerprint density at radius 3 is 2.62 bits per heavy atom. The van der Waals surface area contributed by atoms with Crippen molar-refractivity contribution in [3.8, 4) is 0 Å². The van der Waals surface area contributed by atoms with Crippen LogP contribution in [0, 0.1) is 5.82 Å². The van der Waals surface area contributed by atoms with E-state index in [0.29, 0.717) is 11.3 Å². The maximum Gasteiger partial charge on any atom is 0.254 e. The van der Waals surface area contributed by atoms with E-state index in [9.17, 15) is 14.3 Å². The first kappa shape index (κ1) is 15.3. The number of nitrogens with two attached hydrogens (primary N) is 1. The number of carbonyl (C=O) groups excluding carboxylic acids is 1. The van der Waals surface area contributed by atoms with Crippen molar-refractivity contribution >= 4 is 23.2 Å². The number of hydrogen-bond donors (Lipinski definition) is 3. The Hall–Kier alpha value is -2.11. The monoisotopic (exact) mass is 308 g/mol. The zero-order valence-corrected chi connectivity index (χ0v) is 11.8. The van der Waals surface area contributed by atoms with Crippen molar-refractivity contribution in [2.75, 3.05) is 12.3 Å². The summed E-state index contributed by atoms with van der Waals surface area (Å²) in [5.74, 6) is -1.30. The normalized spacial score (nSPS) is 12.0. The lowest BCUT2D eigenvalue weighted by atomic mass is 10.1. The summed E-state index contributed by atoms with van der Waals surface area (Å²) >= 11 is 5.73. The van der Waals surface area contributed by atoms with Gasteiger partial charge >= 0.3 is 0 Å². The molecule has 0 aliphatic carbocycles. The molecule has 0 saturated heterocycles. The molecule has 0 aliphatic heterocycles. The van der Waals surface area contributed by atoms with Gasteiger partial charge in [0.25, 0.3) is 5.91 Å². The molecule has 0 heterocycles. The Labute approximate surface area is 126 Å². The number of anilines is 1. The molecule has 0 radical (unpaired) electrons. The van der Waals surface area contributed by atoms with Gasteiger partial charge in [-0.25, -0.2) is 4.39 Å². The van der Waals surface area contributed by atoms with Crippen LogP contribution in [0.4, 0.5) is 10.1 Å². The van der Waals surface area contributed by atoms with E-state index < -0.39 is 17.8 Å². The minimum atomic E-state index is -0.906. The van der Waals surface area contributed by atoms with Gasteiger partial charge in [-0.2, -0.15) is 0 Å². The van der Waals surface area contributed by atoms with Gasteiger partial charge in [0, 0.05) is 17.3 Å². The van der Waals surface area contributed by atoms with Gasteiger partial charge in [0.1, 0.15) is 5.82 Å². The molecule has 1 amide bonds. The van der Waals surface area contributed by atoms with Gasteiger partial charge in [-0.3, -0.25) is 4.79 Å². The molecule has 0 fully saturated rings. The topological polar surface area (TPSA) is 75.3 Å². The SMILES string of the molecule is Nc1ccc(C(O)CNC(=O)c2cc(Cl)ccc2F)cc1. The number of nitrogens with one attached hydrogen (secondary N) is 1. The number of hydrogen-bond acceptors (Lipinski definition) is 3.